The second-order valence-corrected chi connectivity index (χ2v) is 10.0. The maximum absolute atomic E-state index is 14.0. The van der Waals surface area contributed by atoms with Gasteiger partial charge < -0.3 is 9.67 Å². The molecule has 3 heteroatoms. The Labute approximate surface area is 139 Å². The summed E-state index contributed by atoms with van der Waals surface area (Å²) in [4.78, 5) is 0. The third kappa shape index (κ3) is 4.13. The summed E-state index contributed by atoms with van der Waals surface area (Å²) in [6.07, 6.45) is 0.461. The molecule has 1 N–H and O–H groups in total. The first-order valence-corrected chi connectivity index (χ1v) is 9.98. The Morgan fingerprint density at radius 2 is 1.26 bits per heavy atom. The first kappa shape index (κ1) is 18.0. The van der Waals surface area contributed by atoms with Crippen LogP contribution in [0.25, 0.3) is 0 Å². The van der Waals surface area contributed by atoms with E-state index in [4.69, 9.17) is 0 Å². The van der Waals surface area contributed by atoms with Gasteiger partial charge in [-0.15, -0.1) is 0 Å². The third-order valence-corrected chi connectivity index (χ3v) is 7.97. The molecule has 0 unspecified atom stereocenters. The van der Waals surface area contributed by atoms with E-state index in [1.165, 1.54) is 0 Å². The standard InChI is InChI=1S/C20H27O2P/c1-15-6-10-18(11-7-15)23(22,14-17(3)20(4,5)21)19-12-8-16(2)9-13-19/h6-13,17,21H,14H2,1-5H3/t17-/m0/s1. The number of rotatable bonds is 5. The van der Waals surface area contributed by atoms with Crippen LogP contribution >= 0.6 is 7.14 Å². The molecule has 0 amide bonds. The van der Waals surface area contributed by atoms with Crippen molar-refractivity contribution in [3.8, 4) is 0 Å². The van der Waals surface area contributed by atoms with Crippen LogP contribution in [0.4, 0.5) is 0 Å². The summed E-state index contributed by atoms with van der Waals surface area (Å²) in [6, 6.07) is 15.9. The fraction of sp³-hybridized carbons (Fsp3) is 0.400. The minimum absolute atomic E-state index is 0.0732. The summed E-state index contributed by atoms with van der Waals surface area (Å²) >= 11 is 0. The summed E-state index contributed by atoms with van der Waals surface area (Å²) in [5.41, 5.74) is 1.45. The Bertz CT molecular complexity index is 644. The average molecular weight is 330 g/mol. The molecule has 0 bridgehead atoms. The molecule has 0 saturated carbocycles. The van der Waals surface area contributed by atoms with Crippen LogP contribution in [0.1, 0.15) is 31.9 Å². The molecule has 0 spiro atoms. The quantitative estimate of drug-likeness (QED) is 0.841. The highest BCUT2D eigenvalue weighted by Gasteiger charge is 2.34. The van der Waals surface area contributed by atoms with Crippen molar-refractivity contribution in [1.29, 1.82) is 0 Å². The highest BCUT2D eigenvalue weighted by Crippen LogP contribution is 2.46. The minimum atomic E-state index is -2.78. The van der Waals surface area contributed by atoms with Gasteiger partial charge in [-0.2, -0.15) is 0 Å². The fourth-order valence-corrected chi connectivity index (χ4v) is 5.74. The lowest BCUT2D eigenvalue weighted by Crippen LogP contribution is -2.34. The maximum Gasteiger partial charge on any atom is 0.143 e. The first-order valence-electron chi connectivity index (χ1n) is 8.09. The molecule has 23 heavy (non-hydrogen) atoms. The Balaban J connectivity index is 2.52. The Kier molecular flexibility index (Phi) is 5.18. The zero-order valence-corrected chi connectivity index (χ0v) is 15.6. The van der Waals surface area contributed by atoms with E-state index in [0.717, 1.165) is 21.7 Å². The highest BCUT2D eigenvalue weighted by atomic mass is 31.2. The van der Waals surface area contributed by atoms with Crippen molar-refractivity contribution in [2.45, 2.75) is 40.2 Å². The van der Waals surface area contributed by atoms with E-state index in [1.54, 1.807) is 13.8 Å². The fourth-order valence-electron chi connectivity index (χ4n) is 2.54. The molecular formula is C20H27O2P. The summed E-state index contributed by atoms with van der Waals surface area (Å²) in [5, 5.41) is 12.0. The van der Waals surface area contributed by atoms with Crippen molar-refractivity contribution in [3.05, 3.63) is 59.7 Å². The van der Waals surface area contributed by atoms with Gasteiger partial charge in [0.05, 0.1) is 5.60 Å². The maximum atomic E-state index is 14.0. The molecule has 0 aromatic heterocycles. The van der Waals surface area contributed by atoms with Gasteiger partial charge in [-0.3, -0.25) is 0 Å². The Hall–Kier alpha value is -1.37. The molecule has 2 aromatic carbocycles. The van der Waals surface area contributed by atoms with E-state index < -0.39 is 12.7 Å². The molecule has 2 nitrogen and oxygen atoms in total. The van der Waals surface area contributed by atoms with Crippen molar-refractivity contribution in [2.75, 3.05) is 6.16 Å². The number of benzene rings is 2. The topological polar surface area (TPSA) is 37.3 Å². The van der Waals surface area contributed by atoms with Crippen LogP contribution in [0, 0.1) is 19.8 Å². The van der Waals surface area contributed by atoms with Gasteiger partial charge in [0.25, 0.3) is 0 Å². The summed E-state index contributed by atoms with van der Waals surface area (Å²) < 4.78 is 14.0. The molecule has 0 saturated heterocycles. The van der Waals surface area contributed by atoms with E-state index in [2.05, 4.69) is 0 Å². The zero-order valence-electron chi connectivity index (χ0n) is 14.7. The van der Waals surface area contributed by atoms with Crippen molar-refractivity contribution in [2.24, 2.45) is 5.92 Å². The number of aliphatic hydroxyl groups is 1. The van der Waals surface area contributed by atoms with Gasteiger partial charge in [0.1, 0.15) is 7.14 Å². The molecule has 0 aliphatic carbocycles. The zero-order chi connectivity index (χ0) is 17.3. The molecule has 0 radical (unpaired) electrons. The van der Waals surface area contributed by atoms with Crippen molar-refractivity contribution in [3.63, 3.8) is 0 Å². The first-order chi connectivity index (χ1) is 10.6. The minimum Gasteiger partial charge on any atom is -0.390 e. The van der Waals surface area contributed by atoms with Gasteiger partial charge >= 0.3 is 0 Å². The van der Waals surface area contributed by atoms with Gasteiger partial charge in [-0.25, -0.2) is 0 Å². The van der Waals surface area contributed by atoms with Crippen LogP contribution in [0.2, 0.25) is 0 Å². The molecule has 0 aliphatic heterocycles. The molecule has 2 aromatic rings. The molecule has 1 atom stereocenters. The number of hydrogen-bond donors (Lipinski definition) is 1. The lowest BCUT2D eigenvalue weighted by molar-refractivity contribution is 0.0340. The lowest BCUT2D eigenvalue weighted by Gasteiger charge is -2.30. The van der Waals surface area contributed by atoms with Gasteiger partial charge in [0.15, 0.2) is 0 Å². The molecule has 124 valence electrons. The van der Waals surface area contributed by atoms with Crippen molar-refractivity contribution in [1.82, 2.24) is 0 Å². The van der Waals surface area contributed by atoms with Crippen molar-refractivity contribution >= 4 is 17.8 Å². The molecule has 0 aliphatic rings. The van der Waals surface area contributed by atoms with Crippen LogP contribution in [0.3, 0.4) is 0 Å². The van der Waals surface area contributed by atoms with Crippen LogP contribution < -0.4 is 10.6 Å². The number of aryl methyl sites for hydroxylation is 2. The van der Waals surface area contributed by atoms with Gasteiger partial charge in [-0.05, 0) is 33.6 Å². The van der Waals surface area contributed by atoms with E-state index in [1.807, 2.05) is 69.3 Å². The van der Waals surface area contributed by atoms with Gasteiger partial charge in [0.2, 0.25) is 0 Å². The lowest BCUT2D eigenvalue weighted by atomic mass is 9.95. The predicted octanol–water partition coefficient (Wildman–Crippen LogP) is 4.02. The van der Waals surface area contributed by atoms with Gasteiger partial charge in [-0.1, -0.05) is 66.6 Å². The second kappa shape index (κ2) is 6.63. The summed E-state index contributed by atoms with van der Waals surface area (Å²) in [6.45, 7) is 9.59. The van der Waals surface area contributed by atoms with Crippen LogP contribution in [0.5, 0.6) is 0 Å². The van der Waals surface area contributed by atoms with Crippen molar-refractivity contribution < 1.29 is 9.67 Å². The van der Waals surface area contributed by atoms with E-state index in [9.17, 15) is 9.67 Å². The van der Waals surface area contributed by atoms with Crippen LogP contribution in [-0.2, 0) is 4.57 Å². The smallest absolute Gasteiger partial charge is 0.143 e. The Morgan fingerprint density at radius 1 is 0.913 bits per heavy atom. The van der Waals surface area contributed by atoms with Crippen LogP contribution in [0.15, 0.2) is 48.5 Å². The van der Waals surface area contributed by atoms with E-state index in [-0.39, 0.29) is 5.92 Å². The third-order valence-electron chi connectivity index (χ3n) is 4.64. The normalized spacial score (nSPS) is 13.8. The predicted molar refractivity (Wildman–Crippen MR) is 99.6 cm³/mol. The number of hydrogen-bond acceptors (Lipinski definition) is 2. The largest absolute Gasteiger partial charge is 0.390 e. The monoisotopic (exact) mass is 330 g/mol. The second-order valence-electron chi connectivity index (χ2n) is 7.15. The Morgan fingerprint density at radius 3 is 1.57 bits per heavy atom. The van der Waals surface area contributed by atoms with E-state index in [0.29, 0.717) is 6.16 Å². The molecular weight excluding hydrogens is 303 g/mol. The molecule has 2 rings (SSSR count). The van der Waals surface area contributed by atoms with Gasteiger partial charge in [0, 0.05) is 16.8 Å². The molecule has 0 fully saturated rings. The summed E-state index contributed by atoms with van der Waals surface area (Å²) in [7, 11) is -2.78. The highest BCUT2D eigenvalue weighted by molar-refractivity contribution is 7.78. The van der Waals surface area contributed by atoms with Crippen LogP contribution in [-0.4, -0.2) is 16.9 Å². The molecule has 0 heterocycles. The average Bonchev–Trinajstić information content (AvgIpc) is 2.47. The van der Waals surface area contributed by atoms with E-state index >= 15 is 0 Å². The SMILES string of the molecule is Cc1ccc(P(=O)(C[C@H](C)C(C)(C)O)c2ccc(C)cc2)cc1. The summed E-state index contributed by atoms with van der Waals surface area (Å²) in [5.74, 6) is -0.0732.